The van der Waals surface area contributed by atoms with Crippen molar-refractivity contribution in [2.24, 2.45) is 5.73 Å². The molecule has 0 aliphatic heterocycles. The summed E-state index contributed by atoms with van der Waals surface area (Å²) in [6.07, 6.45) is 0.216. The van der Waals surface area contributed by atoms with E-state index in [1.165, 1.54) is 0 Å². The van der Waals surface area contributed by atoms with Gasteiger partial charge in [0.1, 0.15) is 5.75 Å². The molecule has 0 saturated heterocycles. The molecule has 2 atom stereocenters. The first-order chi connectivity index (χ1) is 6.72. The highest BCUT2D eigenvalue weighted by molar-refractivity contribution is 5.41. The summed E-state index contributed by atoms with van der Waals surface area (Å²) in [4.78, 5) is 0. The summed E-state index contributed by atoms with van der Waals surface area (Å²) in [6, 6.07) is 5.63. The number of fused-ring (bicyclic) bond motifs is 1. The Morgan fingerprint density at radius 2 is 2.36 bits per heavy atom. The summed E-state index contributed by atoms with van der Waals surface area (Å²) in [5.74, 6) is 0.805. The van der Waals surface area contributed by atoms with Gasteiger partial charge in [0.05, 0.1) is 12.7 Å². The predicted octanol–water partition coefficient (Wildman–Crippen LogP) is 1.00. The number of hydrogen-bond acceptors (Lipinski definition) is 3. The van der Waals surface area contributed by atoms with Gasteiger partial charge < -0.3 is 15.6 Å². The number of benzene rings is 1. The predicted molar refractivity (Wildman–Crippen MR) is 54.3 cm³/mol. The van der Waals surface area contributed by atoms with E-state index in [1.54, 1.807) is 0 Å². The molecule has 3 nitrogen and oxygen atoms in total. The van der Waals surface area contributed by atoms with Gasteiger partial charge in [-0.25, -0.2) is 0 Å². The average molecular weight is 193 g/mol. The molecule has 0 aromatic heterocycles. The van der Waals surface area contributed by atoms with Crippen molar-refractivity contribution < 1.29 is 9.84 Å². The summed E-state index contributed by atoms with van der Waals surface area (Å²) < 4.78 is 5.36. The first-order valence-corrected chi connectivity index (χ1v) is 4.91. The van der Waals surface area contributed by atoms with Crippen molar-refractivity contribution >= 4 is 0 Å². The molecule has 0 heterocycles. The molecule has 0 fully saturated rings. The van der Waals surface area contributed by atoms with Crippen LogP contribution in [0.4, 0.5) is 0 Å². The van der Waals surface area contributed by atoms with E-state index < -0.39 is 6.10 Å². The Morgan fingerprint density at radius 3 is 3.07 bits per heavy atom. The van der Waals surface area contributed by atoms with Crippen LogP contribution in [0, 0.1) is 0 Å². The molecule has 1 aliphatic rings. The Labute approximate surface area is 83.5 Å². The van der Waals surface area contributed by atoms with Crippen LogP contribution in [0.25, 0.3) is 0 Å². The van der Waals surface area contributed by atoms with Crippen molar-refractivity contribution in [3.05, 3.63) is 29.3 Å². The zero-order valence-corrected chi connectivity index (χ0v) is 8.23. The third kappa shape index (κ3) is 1.49. The lowest BCUT2D eigenvalue weighted by Crippen LogP contribution is -2.24. The van der Waals surface area contributed by atoms with E-state index >= 15 is 0 Å². The third-order valence-electron chi connectivity index (χ3n) is 2.61. The Balaban J connectivity index is 2.31. The summed E-state index contributed by atoms with van der Waals surface area (Å²) in [7, 11) is 0. The lowest BCUT2D eigenvalue weighted by Gasteiger charge is -2.09. The second kappa shape index (κ2) is 3.59. The van der Waals surface area contributed by atoms with Crippen molar-refractivity contribution in [1.29, 1.82) is 0 Å². The first-order valence-electron chi connectivity index (χ1n) is 4.91. The SMILES string of the molecule is CCOc1ccc2c(c1)C(O)C(N)C2. The molecule has 1 aromatic carbocycles. The molecule has 0 saturated carbocycles. The van der Waals surface area contributed by atoms with Crippen molar-refractivity contribution in [2.45, 2.75) is 25.5 Å². The second-order valence-corrected chi connectivity index (χ2v) is 3.61. The van der Waals surface area contributed by atoms with E-state index in [0.29, 0.717) is 6.61 Å². The maximum atomic E-state index is 9.76. The normalized spacial score (nSPS) is 24.8. The zero-order chi connectivity index (χ0) is 10.1. The highest BCUT2D eigenvalue weighted by Gasteiger charge is 2.28. The van der Waals surface area contributed by atoms with Gasteiger partial charge in [0, 0.05) is 6.04 Å². The van der Waals surface area contributed by atoms with Crippen LogP contribution in [0.15, 0.2) is 18.2 Å². The highest BCUT2D eigenvalue weighted by atomic mass is 16.5. The van der Waals surface area contributed by atoms with Crippen LogP contribution < -0.4 is 10.5 Å². The van der Waals surface area contributed by atoms with E-state index in [4.69, 9.17) is 10.5 Å². The Kier molecular flexibility index (Phi) is 2.44. The Bertz CT molecular complexity index is 338. The van der Waals surface area contributed by atoms with E-state index in [9.17, 15) is 5.11 Å². The quantitative estimate of drug-likeness (QED) is 0.736. The number of rotatable bonds is 2. The number of hydrogen-bond donors (Lipinski definition) is 2. The van der Waals surface area contributed by atoms with Gasteiger partial charge in [-0.05, 0) is 36.6 Å². The average Bonchev–Trinajstić information content (AvgIpc) is 2.45. The van der Waals surface area contributed by atoms with Crippen LogP contribution >= 0.6 is 0 Å². The van der Waals surface area contributed by atoms with Crippen LogP contribution in [0.3, 0.4) is 0 Å². The van der Waals surface area contributed by atoms with Gasteiger partial charge in [0.2, 0.25) is 0 Å². The molecule has 1 aliphatic carbocycles. The van der Waals surface area contributed by atoms with Crippen molar-refractivity contribution in [3.63, 3.8) is 0 Å². The summed E-state index contributed by atoms with van der Waals surface area (Å²) >= 11 is 0. The van der Waals surface area contributed by atoms with E-state index in [0.717, 1.165) is 23.3 Å². The second-order valence-electron chi connectivity index (χ2n) is 3.61. The molecule has 76 valence electrons. The topological polar surface area (TPSA) is 55.5 Å². The monoisotopic (exact) mass is 193 g/mol. The van der Waals surface area contributed by atoms with Crippen molar-refractivity contribution in [2.75, 3.05) is 6.61 Å². The maximum absolute atomic E-state index is 9.76. The van der Waals surface area contributed by atoms with Gasteiger partial charge in [-0.15, -0.1) is 0 Å². The van der Waals surface area contributed by atoms with Gasteiger partial charge in [-0.2, -0.15) is 0 Å². The number of ether oxygens (including phenoxy) is 1. The molecule has 1 aromatic rings. The molecule has 0 amide bonds. The van der Waals surface area contributed by atoms with E-state index in [-0.39, 0.29) is 6.04 Å². The largest absolute Gasteiger partial charge is 0.494 e. The van der Waals surface area contributed by atoms with Crippen molar-refractivity contribution in [1.82, 2.24) is 0 Å². The zero-order valence-electron chi connectivity index (χ0n) is 8.23. The first kappa shape index (κ1) is 9.49. The van der Waals surface area contributed by atoms with Crippen LogP contribution in [0.5, 0.6) is 5.75 Å². The fourth-order valence-corrected chi connectivity index (χ4v) is 1.89. The minimum absolute atomic E-state index is 0.165. The van der Waals surface area contributed by atoms with Crippen molar-refractivity contribution in [3.8, 4) is 5.75 Å². The van der Waals surface area contributed by atoms with Gasteiger partial charge >= 0.3 is 0 Å². The van der Waals surface area contributed by atoms with Crippen LogP contribution in [0.1, 0.15) is 24.2 Å². The summed E-state index contributed by atoms with van der Waals surface area (Å²) in [6.45, 7) is 2.58. The van der Waals surface area contributed by atoms with Gasteiger partial charge in [0.15, 0.2) is 0 Å². The van der Waals surface area contributed by atoms with Gasteiger partial charge in [0.25, 0.3) is 0 Å². The number of aliphatic hydroxyl groups is 1. The third-order valence-corrected chi connectivity index (χ3v) is 2.61. The van der Waals surface area contributed by atoms with E-state index in [1.807, 2.05) is 25.1 Å². The molecular formula is C11H15NO2. The molecule has 2 rings (SSSR count). The fraction of sp³-hybridized carbons (Fsp3) is 0.455. The molecular weight excluding hydrogens is 178 g/mol. The lowest BCUT2D eigenvalue weighted by molar-refractivity contribution is 0.159. The Morgan fingerprint density at radius 1 is 1.57 bits per heavy atom. The minimum atomic E-state index is -0.537. The standard InChI is InChI=1S/C11H15NO2/c1-2-14-8-4-3-7-5-10(12)11(13)9(7)6-8/h3-4,6,10-11,13H,2,5,12H2,1H3. The van der Waals surface area contributed by atoms with Crippen LogP contribution in [0.2, 0.25) is 0 Å². The number of aliphatic hydroxyl groups excluding tert-OH is 1. The van der Waals surface area contributed by atoms with E-state index in [2.05, 4.69) is 0 Å². The highest BCUT2D eigenvalue weighted by Crippen LogP contribution is 2.32. The van der Waals surface area contributed by atoms with Crippen LogP contribution in [-0.4, -0.2) is 17.8 Å². The molecule has 3 heteroatoms. The summed E-state index contributed by atoms with van der Waals surface area (Å²) in [5, 5.41) is 9.76. The lowest BCUT2D eigenvalue weighted by atomic mass is 10.1. The maximum Gasteiger partial charge on any atom is 0.119 e. The Hall–Kier alpha value is -1.06. The van der Waals surface area contributed by atoms with Crippen LogP contribution in [-0.2, 0) is 6.42 Å². The molecule has 3 N–H and O–H groups in total. The van der Waals surface area contributed by atoms with Gasteiger partial charge in [-0.1, -0.05) is 6.07 Å². The molecule has 14 heavy (non-hydrogen) atoms. The number of nitrogens with two attached hydrogens (primary N) is 1. The van der Waals surface area contributed by atoms with Gasteiger partial charge in [-0.3, -0.25) is 0 Å². The smallest absolute Gasteiger partial charge is 0.119 e. The minimum Gasteiger partial charge on any atom is -0.494 e. The molecule has 0 bridgehead atoms. The molecule has 2 unspecified atom stereocenters. The molecule has 0 radical (unpaired) electrons. The summed E-state index contributed by atoms with van der Waals surface area (Å²) in [5.41, 5.74) is 7.81. The fourth-order valence-electron chi connectivity index (χ4n) is 1.89. The molecule has 0 spiro atoms.